The predicted molar refractivity (Wildman–Crippen MR) is 71.3 cm³/mol. The van der Waals surface area contributed by atoms with Gasteiger partial charge in [-0.15, -0.1) is 0 Å². The average molecular weight is 236 g/mol. The first-order valence-electron chi connectivity index (χ1n) is 6.59. The molecule has 0 spiro atoms. The summed E-state index contributed by atoms with van der Waals surface area (Å²) < 4.78 is 0. The zero-order chi connectivity index (χ0) is 12.8. The van der Waals surface area contributed by atoms with Crippen molar-refractivity contribution in [2.75, 3.05) is 0 Å². The van der Waals surface area contributed by atoms with Crippen LogP contribution in [-0.2, 0) is 6.42 Å². The van der Waals surface area contributed by atoms with E-state index in [0.717, 1.165) is 30.2 Å². The molecule has 1 rings (SSSR count). The average Bonchev–Trinajstić information content (AvgIpc) is 2.33. The first-order valence-corrected chi connectivity index (χ1v) is 6.59. The summed E-state index contributed by atoms with van der Waals surface area (Å²) in [5.41, 5.74) is 1.10. The number of hydrogen-bond acceptors (Lipinski definition) is 2. The lowest BCUT2D eigenvalue weighted by Gasteiger charge is -2.21. The highest BCUT2D eigenvalue weighted by atomic mass is 16.3. The van der Waals surface area contributed by atoms with Gasteiger partial charge in [0.15, 0.2) is 11.5 Å². The molecule has 0 radical (unpaired) electrons. The van der Waals surface area contributed by atoms with E-state index in [4.69, 9.17) is 0 Å². The van der Waals surface area contributed by atoms with Gasteiger partial charge < -0.3 is 10.2 Å². The summed E-state index contributed by atoms with van der Waals surface area (Å²) in [6, 6.07) is 5.12. The fourth-order valence-corrected chi connectivity index (χ4v) is 2.30. The van der Waals surface area contributed by atoms with Crippen molar-refractivity contribution < 1.29 is 10.2 Å². The van der Waals surface area contributed by atoms with Crippen LogP contribution in [0.4, 0.5) is 0 Å². The molecule has 2 heteroatoms. The van der Waals surface area contributed by atoms with E-state index in [1.54, 1.807) is 12.1 Å². The number of rotatable bonds is 6. The van der Waals surface area contributed by atoms with Crippen LogP contribution in [0.25, 0.3) is 0 Å². The summed E-state index contributed by atoms with van der Waals surface area (Å²) in [7, 11) is 0. The molecule has 2 atom stereocenters. The minimum atomic E-state index is -0.0392. The Kier molecular flexibility index (Phi) is 5.33. The molecule has 0 heterocycles. The minimum absolute atomic E-state index is 0.0147. The van der Waals surface area contributed by atoms with Gasteiger partial charge in [0.05, 0.1) is 0 Å². The number of aryl methyl sites for hydroxylation is 1. The van der Waals surface area contributed by atoms with Crippen LogP contribution >= 0.6 is 0 Å². The van der Waals surface area contributed by atoms with E-state index in [2.05, 4.69) is 20.8 Å². The molecule has 0 saturated heterocycles. The lowest BCUT2D eigenvalue weighted by atomic mass is 9.85. The van der Waals surface area contributed by atoms with Crippen LogP contribution in [0.15, 0.2) is 18.2 Å². The Labute approximate surface area is 104 Å². The summed E-state index contributed by atoms with van der Waals surface area (Å²) in [6.45, 7) is 6.79. The van der Waals surface area contributed by atoms with E-state index in [1.807, 2.05) is 6.07 Å². The molecule has 0 aromatic heterocycles. The summed E-state index contributed by atoms with van der Waals surface area (Å²) >= 11 is 0. The van der Waals surface area contributed by atoms with Gasteiger partial charge in [-0.1, -0.05) is 39.7 Å². The molecular weight excluding hydrogens is 212 g/mol. The Morgan fingerprint density at radius 1 is 1.06 bits per heavy atom. The number of phenolic OH excluding ortho intramolecular Hbond substituents is 2. The van der Waals surface area contributed by atoms with Crippen LogP contribution in [0.3, 0.4) is 0 Å². The van der Waals surface area contributed by atoms with Crippen molar-refractivity contribution in [1.29, 1.82) is 0 Å². The minimum Gasteiger partial charge on any atom is -0.504 e. The molecule has 0 aliphatic rings. The fraction of sp³-hybridized carbons (Fsp3) is 0.600. The maximum Gasteiger partial charge on any atom is 0.157 e. The molecule has 0 amide bonds. The third kappa shape index (κ3) is 3.95. The lowest BCUT2D eigenvalue weighted by molar-refractivity contribution is 0.317. The second kappa shape index (κ2) is 6.53. The highest BCUT2D eigenvalue weighted by Crippen LogP contribution is 2.28. The van der Waals surface area contributed by atoms with Crippen molar-refractivity contribution in [3.05, 3.63) is 23.8 Å². The molecule has 0 aliphatic heterocycles. The Morgan fingerprint density at radius 2 is 1.76 bits per heavy atom. The topological polar surface area (TPSA) is 40.5 Å². The Bertz CT molecular complexity index is 347. The van der Waals surface area contributed by atoms with Crippen molar-refractivity contribution in [3.8, 4) is 11.5 Å². The van der Waals surface area contributed by atoms with Gasteiger partial charge in [-0.25, -0.2) is 0 Å². The summed E-state index contributed by atoms with van der Waals surface area (Å²) in [5, 5.41) is 18.7. The molecule has 0 saturated carbocycles. The predicted octanol–water partition coefficient (Wildman–Crippen LogP) is 4.10. The third-order valence-electron chi connectivity index (χ3n) is 3.82. The van der Waals surface area contributed by atoms with Gasteiger partial charge in [0, 0.05) is 0 Å². The molecule has 0 aliphatic carbocycles. The number of aromatic hydroxyl groups is 2. The van der Waals surface area contributed by atoms with Crippen molar-refractivity contribution in [1.82, 2.24) is 0 Å². The van der Waals surface area contributed by atoms with Crippen LogP contribution in [0.5, 0.6) is 11.5 Å². The fourth-order valence-electron chi connectivity index (χ4n) is 2.30. The van der Waals surface area contributed by atoms with E-state index in [9.17, 15) is 10.2 Å². The summed E-state index contributed by atoms with van der Waals surface area (Å²) in [6.07, 6.45) is 4.55. The van der Waals surface area contributed by atoms with E-state index in [0.29, 0.717) is 0 Å². The van der Waals surface area contributed by atoms with Crippen LogP contribution in [0.2, 0.25) is 0 Å². The van der Waals surface area contributed by atoms with Crippen molar-refractivity contribution in [2.45, 2.75) is 46.5 Å². The normalized spacial score (nSPS) is 14.5. The van der Waals surface area contributed by atoms with Gasteiger partial charge in [0.1, 0.15) is 0 Å². The van der Waals surface area contributed by atoms with Gasteiger partial charge >= 0.3 is 0 Å². The van der Waals surface area contributed by atoms with Crippen LogP contribution in [-0.4, -0.2) is 10.2 Å². The molecule has 2 N–H and O–H groups in total. The Balaban J connectivity index is 2.56. The SMILES string of the molecule is CCC(C)C(CC)CCc1ccc(O)c(O)c1. The molecule has 17 heavy (non-hydrogen) atoms. The van der Waals surface area contributed by atoms with E-state index >= 15 is 0 Å². The molecule has 96 valence electrons. The largest absolute Gasteiger partial charge is 0.504 e. The molecule has 1 aromatic rings. The van der Waals surface area contributed by atoms with E-state index in [1.165, 1.54) is 12.8 Å². The Hall–Kier alpha value is -1.18. The molecule has 2 unspecified atom stereocenters. The van der Waals surface area contributed by atoms with E-state index in [-0.39, 0.29) is 11.5 Å². The molecular formula is C15H24O2. The maximum absolute atomic E-state index is 9.43. The van der Waals surface area contributed by atoms with Gasteiger partial charge in [-0.05, 0) is 42.4 Å². The molecule has 0 bridgehead atoms. The van der Waals surface area contributed by atoms with E-state index < -0.39 is 0 Å². The second-order valence-electron chi connectivity index (χ2n) is 4.92. The summed E-state index contributed by atoms with van der Waals surface area (Å²) in [4.78, 5) is 0. The number of benzene rings is 1. The third-order valence-corrected chi connectivity index (χ3v) is 3.82. The second-order valence-corrected chi connectivity index (χ2v) is 4.92. The molecule has 1 aromatic carbocycles. The zero-order valence-corrected chi connectivity index (χ0v) is 11.1. The van der Waals surface area contributed by atoms with Gasteiger partial charge in [-0.3, -0.25) is 0 Å². The Morgan fingerprint density at radius 3 is 2.29 bits per heavy atom. The quantitative estimate of drug-likeness (QED) is 0.730. The van der Waals surface area contributed by atoms with Crippen molar-refractivity contribution in [3.63, 3.8) is 0 Å². The highest BCUT2D eigenvalue weighted by molar-refractivity contribution is 5.40. The molecule has 2 nitrogen and oxygen atoms in total. The first-order chi connectivity index (χ1) is 8.08. The first kappa shape index (κ1) is 13.9. The standard InChI is InChI=1S/C15H24O2/c1-4-11(3)13(5-2)8-6-12-7-9-14(16)15(17)10-12/h7,9-11,13,16-17H,4-6,8H2,1-3H3. The van der Waals surface area contributed by atoms with Crippen molar-refractivity contribution in [2.24, 2.45) is 11.8 Å². The zero-order valence-electron chi connectivity index (χ0n) is 11.1. The van der Waals surface area contributed by atoms with Gasteiger partial charge in [-0.2, -0.15) is 0 Å². The molecule has 0 fully saturated rings. The smallest absolute Gasteiger partial charge is 0.157 e. The monoisotopic (exact) mass is 236 g/mol. The van der Waals surface area contributed by atoms with Gasteiger partial charge in [0.2, 0.25) is 0 Å². The maximum atomic E-state index is 9.43. The van der Waals surface area contributed by atoms with Crippen LogP contribution in [0.1, 0.15) is 45.6 Å². The van der Waals surface area contributed by atoms with Crippen molar-refractivity contribution >= 4 is 0 Å². The van der Waals surface area contributed by atoms with Crippen LogP contribution in [0, 0.1) is 11.8 Å². The number of phenols is 2. The highest BCUT2D eigenvalue weighted by Gasteiger charge is 2.13. The number of hydrogen-bond donors (Lipinski definition) is 2. The van der Waals surface area contributed by atoms with Crippen LogP contribution < -0.4 is 0 Å². The van der Waals surface area contributed by atoms with Gasteiger partial charge in [0.25, 0.3) is 0 Å². The lowest BCUT2D eigenvalue weighted by Crippen LogP contribution is -2.11. The summed E-state index contributed by atoms with van der Waals surface area (Å²) in [5.74, 6) is 1.45.